The van der Waals surface area contributed by atoms with Gasteiger partial charge in [0.15, 0.2) is 0 Å². The number of carbonyl (C=O) groups is 1. The lowest BCUT2D eigenvalue weighted by Gasteiger charge is -2.32. The summed E-state index contributed by atoms with van der Waals surface area (Å²) in [7, 11) is 0. The number of rotatable bonds is 4. The zero-order valence-corrected chi connectivity index (χ0v) is 18.2. The van der Waals surface area contributed by atoms with E-state index in [0.29, 0.717) is 36.7 Å². The molecule has 0 aliphatic carbocycles. The Kier molecular flexibility index (Phi) is 5.66. The van der Waals surface area contributed by atoms with Crippen molar-refractivity contribution in [1.82, 2.24) is 9.47 Å². The minimum Gasteiger partial charge on any atom is -0.343 e. The van der Waals surface area contributed by atoms with Crippen molar-refractivity contribution in [2.24, 2.45) is 0 Å². The Hall–Kier alpha value is -3.91. The van der Waals surface area contributed by atoms with E-state index in [-0.39, 0.29) is 11.7 Å². The summed E-state index contributed by atoms with van der Waals surface area (Å²) in [6.45, 7) is 2.11. The molecular weight excluding hydrogens is 413 g/mol. The van der Waals surface area contributed by atoms with Gasteiger partial charge in [0.25, 0.3) is 5.91 Å². The smallest absolute Gasteiger partial charge is 0.253 e. The van der Waals surface area contributed by atoms with E-state index >= 15 is 0 Å². The van der Waals surface area contributed by atoms with Gasteiger partial charge in [-0.05, 0) is 72.4 Å². The largest absolute Gasteiger partial charge is 0.343 e. The number of aromatic nitrogens is 1. The van der Waals surface area contributed by atoms with Crippen molar-refractivity contribution in [3.8, 4) is 6.07 Å². The van der Waals surface area contributed by atoms with Crippen molar-refractivity contribution in [3.05, 3.63) is 107 Å². The summed E-state index contributed by atoms with van der Waals surface area (Å²) < 4.78 is 15.6. The molecule has 0 bridgehead atoms. The number of nitriles is 1. The molecule has 33 heavy (non-hydrogen) atoms. The maximum absolute atomic E-state index is 13.3. The molecule has 1 aliphatic heterocycles. The van der Waals surface area contributed by atoms with Crippen LogP contribution < -0.4 is 0 Å². The van der Waals surface area contributed by atoms with Crippen LogP contribution in [0, 0.1) is 17.1 Å². The van der Waals surface area contributed by atoms with Crippen LogP contribution in [0.1, 0.15) is 45.8 Å². The Morgan fingerprint density at radius 2 is 1.67 bits per heavy atom. The van der Waals surface area contributed by atoms with Crippen molar-refractivity contribution in [2.75, 3.05) is 13.1 Å². The van der Waals surface area contributed by atoms with Gasteiger partial charge >= 0.3 is 0 Å². The summed E-state index contributed by atoms with van der Waals surface area (Å²) in [5.41, 5.74) is 4.74. The zero-order valence-electron chi connectivity index (χ0n) is 18.2. The van der Waals surface area contributed by atoms with E-state index in [9.17, 15) is 9.18 Å². The Balaban J connectivity index is 1.33. The number of halogens is 1. The molecule has 1 aliphatic rings. The van der Waals surface area contributed by atoms with Crippen LogP contribution in [0.4, 0.5) is 4.39 Å². The normalized spacial score (nSPS) is 14.4. The maximum atomic E-state index is 13.3. The second kappa shape index (κ2) is 8.91. The quantitative estimate of drug-likeness (QED) is 0.410. The summed E-state index contributed by atoms with van der Waals surface area (Å²) in [6.07, 6.45) is 4.05. The lowest BCUT2D eigenvalue weighted by Crippen LogP contribution is -2.37. The molecular formula is C28H24FN3O. The summed E-state index contributed by atoms with van der Waals surface area (Å²) >= 11 is 0. The average Bonchev–Trinajstić information content (AvgIpc) is 3.23. The highest BCUT2D eigenvalue weighted by Gasteiger charge is 2.26. The Morgan fingerprint density at radius 3 is 2.36 bits per heavy atom. The highest BCUT2D eigenvalue weighted by Crippen LogP contribution is 2.35. The number of nitrogens with zero attached hydrogens (tertiary/aromatic N) is 3. The van der Waals surface area contributed by atoms with E-state index in [2.05, 4.69) is 35.0 Å². The van der Waals surface area contributed by atoms with Crippen molar-refractivity contribution in [2.45, 2.75) is 25.3 Å². The van der Waals surface area contributed by atoms with Gasteiger partial charge in [-0.15, -0.1) is 0 Å². The van der Waals surface area contributed by atoms with Gasteiger partial charge in [0.2, 0.25) is 0 Å². The van der Waals surface area contributed by atoms with Crippen LogP contribution >= 0.6 is 0 Å². The summed E-state index contributed by atoms with van der Waals surface area (Å²) in [5.74, 6) is 0.185. The van der Waals surface area contributed by atoms with Crippen LogP contribution in [0.2, 0.25) is 0 Å². The third kappa shape index (κ3) is 4.25. The molecule has 164 valence electrons. The second-order valence-electron chi connectivity index (χ2n) is 8.61. The fourth-order valence-corrected chi connectivity index (χ4v) is 4.78. The molecule has 0 spiro atoms. The topological polar surface area (TPSA) is 49.0 Å². The van der Waals surface area contributed by atoms with Crippen molar-refractivity contribution in [1.29, 1.82) is 5.26 Å². The first-order chi connectivity index (χ1) is 16.1. The molecule has 0 atom stereocenters. The van der Waals surface area contributed by atoms with E-state index in [1.807, 2.05) is 23.1 Å². The molecule has 4 nitrogen and oxygen atoms in total. The summed E-state index contributed by atoms with van der Waals surface area (Å²) in [6, 6.07) is 24.0. The molecule has 1 aromatic heterocycles. The zero-order chi connectivity index (χ0) is 22.8. The first-order valence-corrected chi connectivity index (χ1v) is 11.2. The predicted octanol–water partition coefficient (Wildman–Crippen LogP) is 5.72. The van der Waals surface area contributed by atoms with E-state index in [0.717, 1.165) is 18.4 Å². The van der Waals surface area contributed by atoms with Gasteiger partial charge in [-0.1, -0.05) is 30.3 Å². The Bertz CT molecular complexity index is 1320. The number of piperidine rings is 1. The van der Waals surface area contributed by atoms with Crippen LogP contribution in [0.15, 0.2) is 79.0 Å². The number of fused-ring (bicyclic) bond motifs is 1. The molecule has 1 fully saturated rings. The van der Waals surface area contributed by atoms with Crippen LogP contribution in [-0.4, -0.2) is 28.5 Å². The van der Waals surface area contributed by atoms with E-state index < -0.39 is 0 Å². The molecule has 0 saturated carbocycles. The first kappa shape index (κ1) is 21.0. The monoisotopic (exact) mass is 437 g/mol. The van der Waals surface area contributed by atoms with Gasteiger partial charge in [-0.2, -0.15) is 5.26 Å². The molecule has 0 radical (unpaired) electrons. The van der Waals surface area contributed by atoms with Gasteiger partial charge in [0.1, 0.15) is 5.82 Å². The molecule has 0 N–H and O–H groups in total. The van der Waals surface area contributed by atoms with Gasteiger partial charge in [-0.3, -0.25) is 4.79 Å². The number of benzene rings is 3. The third-order valence-corrected chi connectivity index (χ3v) is 6.57. The molecule has 1 amide bonds. The third-order valence-electron chi connectivity index (χ3n) is 6.57. The maximum Gasteiger partial charge on any atom is 0.253 e. The fourth-order valence-electron chi connectivity index (χ4n) is 4.78. The molecule has 5 rings (SSSR count). The number of carbonyl (C=O) groups excluding carboxylic acids is 1. The number of amides is 1. The van der Waals surface area contributed by atoms with Crippen molar-refractivity contribution in [3.63, 3.8) is 0 Å². The minimum absolute atomic E-state index is 0.0247. The van der Waals surface area contributed by atoms with Crippen LogP contribution in [0.3, 0.4) is 0 Å². The highest BCUT2D eigenvalue weighted by atomic mass is 19.1. The Labute approximate surface area is 192 Å². The summed E-state index contributed by atoms with van der Waals surface area (Å²) in [5, 5.41) is 10.2. The van der Waals surface area contributed by atoms with Gasteiger partial charge in [0, 0.05) is 42.3 Å². The first-order valence-electron chi connectivity index (χ1n) is 11.2. The lowest BCUT2D eigenvalue weighted by atomic mass is 9.89. The number of hydrogen-bond donors (Lipinski definition) is 0. The van der Waals surface area contributed by atoms with E-state index in [1.165, 1.54) is 28.6 Å². The molecule has 1 saturated heterocycles. The number of likely N-dealkylation sites (tertiary alicyclic amines) is 1. The molecule has 0 unspecified atom stereocenters. The van der Waals surface area contributed by atoms with Crippen molar-refractivity contribution >= 4 is 16.8 Å². The number of para-hydroxylation sites is 1. The van der Waals surface area contributed by atoms with Crippen LogP contribution in [0.25, 0.3) is 10.9 Å². The van der Waals surface area contributed by atoms with Gasteiger partial charge < -0.3 is 9.47 Å². The fraction of sp³-hybridized carbons (Fsp3) is 0.214. The molecule has 5 heteroatoms. The molecule has 2 heterocycles. The average molecular weight is 438 g/mol. The SMILES string of the molecule is N#Cc1ccc(C(=O)N2CCC(c3cn(Cc4ccc(F)cc4)c4ccccc34)CC2)cc1. The lowest BCUT2D eigenvalue weighted by molar-refractivity contribution is 0.0713. The van der Waals surface area contributed by atoms with Crippen molar-refractivity contribution < 1.29 is 9.18 Å². The second-order valence-corrected chi connectivity index (χ2v) is 8.61. The van der Waals surface area contributed by atoms with Crippen LogP contribution in [0.5, 0.6) is 0 Å². The van der Waals surface area contributed by atoms with Gasteiger partial charge in [-0.25, -0.2) is 4.39 Å². The standard InChI is InChI=1S/C28H24FN3O/c29-24-11-7-21(8-12-24)18-32-19-26(25-3-1-2-4-27(25)32)22-13-15-31(16-14-22)28(33)23-9-5-20(17-30)6-10-23/h1-12,19,22H,13-16,18H2. The molecule has 3 aromatic carbocycles. The predicted molar refractivity (Wildman–Crippen MR) is 126 cm³/mol. The van der Waals surface area contributed by atoms with Gasteiger partial charge in [0.05, 0.1) is 11.6 Å². The number of hydrogen-bond acceptors (Lipinski definition) is 2. The van der Waals surface area contributed by atoms with E-state index in [4.69, 9.17) is 5.26 Å². The summed E-state index contributed by atoms with van der Waals surface area (Å²) in [4.78, 5) is 14.8. The van der Waals surface area contributed by atoms with E-state index in [1.54, 1.807) is 24.3 Å². The Morgan fingerprint density at radius 1 is 0.970 bits per heavy atom. The molecule has 4 aromatic rings. The highest BCUT2D eigenvalue weighted by molar-refractivity contribution is 5.94. The van der Waals surface area contributed by atoms with Crippen LogP contribution in [-0.2, 0) is 6.54 Å². The minimum atomic E-state index is -0.223.